The molecular weight excluding hydrogens is 552 g/mol. The predicted octanol–water partition coefficient (Wildman–Crippen LogP) is 5.82. The van der Waals surface area contributed by atoms with Crippen LogP contribution in [0.15, 0.2) is 53.7 Å². The summed E-state index contributed by atoms with van der Waals surface area (Å²) in [6, 6.07) is 17.9. The largest absolute Gasteiger partial charge is 0.383 e. The van der Waals surface area contributed by atoms with Crippen LogP contribution in [0.1, 0.15) is 52.6 Å². The lowest BCUT2D eigenvalue weighted by Gasteiger charge is -2.38. The molecule has 3 aromatic rings. The molecule has 0 spiro atoms. The van der Waals surface area contributed by atoms with E-state index in [2.05, 4.69) is 65.2 Å². The van der Waals surface area contributed by atoms with E-state index in [-0.39, 0.29) is 6.04 Å². The summed E-state index contributed by atoms with van der Waals surface area (Å²) in [5.74, 6) is -0.295. The number of nitrogens with zero attached hydrogens (tertiary/aromatic N) is 4. The van der Waals surface area contributed by atoms with Gasteiger partial charge in [0.05, 0.1) is 24.3 Å². The molecule has 2 aromatic carbocycles. The number of benzene rings is 2. The highest BCUT2D eigenvalue weighted by atomic mass is 16.5. The Kier molecular flexibility index (Phi) is 9.50. The summed E-state index contributed by atoms with van der Waals surface area (Å²) in [4.78, 5) is 33.1. The van der Waals surface area contributed by atoms with Gasteiger partial charge in [0.2, 0.25) is 0 Å². The normalized spacial score (nSPS) is 20.9. The SMILES string of the molecule is COC[C@@H]1[C@H](C(=O)N=O)CCN1c1cccc(-c2cc(C)ccc2CCc2cc(C)c3c(c2)CCN(C2CCOCC2)C3)n1. The molecule has 0 unspecified atom stereocenters. The molecule has 1 aromatic heterocycles. The van der Waals surface area contributed by atoms with Gasteiger partial charge in [-0.3, -0.25) is 9.69 Å². The number of methoxy groups -OCH3 is 1. The summed E-state index contributed by atoms with van der Waals surface area (Å²) in [6.07, 6.45) is 5.86. The summed E-state index contributed by atoms with van der Waals surface area (Å²) in [7, 11) is 1.61. The summed E-state index contributed by atoms with van der Waals surface area (Å²) in [5.41, 5.74) is 10.3. The van der Waals surface area contributed by atoms with Crippen molar-refractivity contribution in [3.8, 4) is 11.3 Å². The zero-order valence-electron chi connectivity index (χ0n) is 26.3. The molecule has 232 valence electrons. The van der Waals surface area contributed by atoms with Crippen LogP contribution in [-0.4, -0.2) is 67.9 Å². The van der Waals surface area contributed by atoms with Crippen LogP contribution >= 0.6 is 0 Å². The molecule has 3 aliphatic heterocycles. The topological polar surface area (TPSA) is 84.3 Å². The zero-order chi connectivity index (χ0) is 30.6. The van der Waals surface area contributed by atoms with Gasteiger partial charge in [-0.2, -0.15) is 0 Å². The van der Waals surface area contributed by atoms with E-state index in [9.17, 15) is 9.70 Å². The second-order valence-corrected chi connectivity index (χ2v) is 12.7. The molecule has 6 rings (SSSR count). The first kappa shape index (κ1) is 30.6. The first-order valence-electron chi connectivity index (χ1n) is 16.1. The molecule has 4 heterocycles. The van der Waals surface area contributed by atoms with Gasteiger partial charge in [0.15, 0.2) is 0 Å². The molecule has 2 atom stereocenters. The Bertz CT molecular complexity index is 1500. The van der Waals surface area contributed by atoms with Gasteiger partial charge < -0.3 is 14.4 Å². The third-order valence-electron chi connectivity index (χ3n) is 9.91. The number of carbonyl (C=O) groups excluding carboxylic acids is 1. The number of aryl methyl sites for hydroxylation is 4. The van der Waals surface area contributed by atoms with E-state index in [1.54, 1.807) is 7.11 Å². The van der Waals surface area contributed by atoms with Crippen molar-refractivity contribution in [2.75, 3.05) is 44.9 Å². The number of carbonyl (C=O) groups is 1. The van der Waals surface area contributed by atoms with Crippen LogP contribution in [-0.2, 0) is 40.1 Å². The van der Waals surface area contributed by atoms with Gasteiger partial charge in [-0.25, -0.2) is 4.98 Å². The maximum Gasteiger partial charge on any atom is 0.291 e. The lowest BCUT2D eigenvalue weighted by molar-refractivity contribution is -0.122. The monoisotopic (exact) mass is 596 g/mol. The fourth-order valence-electron chi connectivity index (χ4n) is 7.50. The minimum absolute atomic E-state index is 0.263. The number of aromatic nitrogens is 1. The Morgan fingerprint density at radius 2 is 1.89 bits per heavy atom. The van der Waals surface area contributed by atoms with Crippen molar-refractivity contribution >= 4 is 11.7 Å². The van der Waals surface area contributed by atoms with Crippen LogP contribution < -0.4 is 4.90 Å². The van der Waals surface area contributed by atoms with Crippen molar-refractivity contribution in [1.29, 1.82) is 0 Å². The number of ether oxygens (including phenoxy) is 2. The number of hydrogen-bond donors (Lipinski definition) is 0. The lowest BCUT2D eigenvalue weighted by Crippen LogP contribution is -2.42. The van der Waals surface area contributed by atoms with E-state index < -0.39 is 11.8 Å². The second kappa shape index (κ2) is 13.7. The van der Waals surface area contributed by atoms with E-state index >= 15 is 0 Å². The van der Waals surface area contributed by atoms with Crippen LogP contribution in [0.5, 0.6) is 0 Å². The third kappa shape index (κ3) is 6.48. The highest BCUT2D eigenvalue weighted by molar-refractivity contribution is 5.81. The summed E-state index contributed by atoms with van der Waals surface area (Å²) in [6.45, 7) is 9.32. The van der Waals surface area contributed by atoms with Gasteiger partial charge >= 0.3 is 0 Å². The van der Waals surface area contributed by atoms with Crippen molar-refractivity contribution in [1.82, 2.24) is 9.88 Å². The van der Waals surface area contributed by atoms with Gasteiger partial charge in [0.1, 0.15) is 5.82 Å². The van der Waals surface area contributed by atoms with Gasteiger partial charge in [0, 0.05) is 56.7 Å². The van der Waals surface area contributed by atoms with Crippen molar-refractivity contribution < 1.29 is 14.3 Å². The first-order valence-corrected chi connectivity index (χ1v) is 16.1. The quantitative estimate of drug-likeness (QED) is 0.288. The molecule has 0 bridgehead atoms. The minimum Gasteiger partial charge on any atom is -0.383 e. The van der Waals surface area contributed by atoms with Crippen molar-refractivity contribution in [2.24, 2.45) is 11.1 Å². The average molecular weight is 597 g/mol. The maximum atomic E-state index is 12.2. The number of fused-ring (bicyclic) bond motifs is 1. The number of rotatable bonds is 9. The van der Waals surface area contributed by atoms with Gasteiger partial charge in [-0.15, -0.1) is 4.91 Å². The number of anilines is 1. The standard InChI is InChI=1S/C36H44N4O4/c1-24-7-9-27(10-8-26-20-25(2)32-22-39(15-11-28(32)21-26)29-13-17-44-18-14-29)31(19-24)33-5-4-6-35(37-33)40-16-12-30(36(41)38-42)34(40)23-43-3/h4-7,9,19-21,29-30,34H,8,10-18,22-23H2,1-3H3/t30-,34-/m1/s1. The van der Waals surface area contributed by atoms with E-state index in [1.165, 1.54) is 33.4 Å². The van der Waals surface area contributed by atoms with Crippen LogP contribution in [0.2, 0.25) is 0 Å². The number of amides is 1. The van der Waals surface area contributed by atoms with Crippen LogP contribution in [0.4, 0.5) is 5.82 Å². The molecule has 8 nitrogen and oxygen atoms in total. The molecule has 2 fully saturated rings. The van der Waals surface area contributed by atoms with Gasteiger partial charge in [-0.1, -0.05) is 35.9 Å². The fourth-order valence-corrected chi connectivity index (χ4v) is 7.50. The van der Waals surface area contributed by atoms with E-state index in [0.717, 1.165) is 75.5 Å². The Morgan fingerprint density at radius 1 is 1.05 bits per heavy atom. The maximum absolute atomic E-state index is 12.2. The summed E-state index contributed by atoms with van der Waals surface area (Å²) < 4.78 is 11.0. The Labute approximate surface area is 260 Å². The van der Waals surface area contributed by atoms with Gasteiger partial charge in [-0.05, 0) is 98.4 Å². The molecule has 44 heavy (non-hydrogen) atoms. The lowest BCUT2D eigenvalue weighted by atomic mass is 9.89. The summed E-state index contributed by atoms with van der Waals surface area (Å²) in [5, 5.41) is 2.72. The molecule has 0 radical (unpaired) electrons. The zero-order valence-corrected chi connectivity index (χ0v) is 26.3. The molecule has 0 N–H and O–H groups in total. The van der Waals surface area contributed by atoms with Crippen molar-refractivity contribution in [2.45, 2.75) is 71.0 Å². The molecule has 8 heteroatoms. The first-order chi connectivity index (χ1) is 21.4. The number of pyridine rings is 1. The van der Waals surface area contributed by atoms with E-state index in [4.69, 9.17) is 14.5 Å². The molecular formula is C36H44N4O4. The van der Waals surface area contributed by atoms with E-state index in [0.29, 0.717) is 25.6 Å². The molecule has 0 saturated carbocycles. The highest BCUT2D eigenvalue weighted by Crippen LogP contribution is 2.33. The van der Waals surface area contributed by atoms with Crippen LogP contribution in [0.25, 0.3) is 11.3 Å². The average Bonchev–Trinajstić information content (AvgIpc) is 3.48. The molecule has 0 aliphatic carbocycles. The fraction of sp³-hybridized carbons (Fsp3) is 0.500. The third-order valence-corrected chi connectivity index (χ3v) is 9.91. The van der Waals surface area contributed by atoms with Gasteiger partial charge in [0.25, 0.3) is 5.91 Å². The van der Waals surface area contributed by atoms with Crippen molar-refractivity contribution in [3.05, 3.63) is 86.8 Å². The highest BCUT2D eigenvalue weighted by Gasteiger charge is 2.40. The Balaban J connectivity index is 1.20. The second-order valence-electron chi connectivity index (χ2n) is 12.7. The molecule has 1 amide bonds. The molecule has 3 aliphatic rings. The van der Waals surface area contributed by atoms with Crippen molar-refractivity contribution in [3.63, 3.8) is 0 Å². The predicted molar refractivity (Wildman–Crippen MR) is 173 cm³/mol. The van der Waals surface area contributed by atoms with Crippen LogP contribution in [0, 0.1) is 24.7 Å². The molecule has 2 saturated heterocycles. The minimum atomic E-state index is -0.610. The smallest absolute Gasteiger partial charge is 0.291 e. The Morgan fingerprint density at radius 3 is 2.68 bits per heavy atom. The van der Waals surface area contributed by atoms with E-state index in [1.807, 2.05) is 12.1 Å². The Hall–Kier alpha value is -3.46. The van der Waals surface area contributed by atoms with Crippen LogP contribution in [0.3, 0.4) is 0 Å². The summed E-state index contributed by atoms with van der Waals surface area (Å²) >= 11 is 0. The number of nitroso groups, excluding NO2 is 1. The number of hydrogen-bond acceptors (Lipinski definition) is 7.